The van der Waals surface area contributed by atoms with Crippen molar-refractivity contribution < 1.29 is 18.0 Å². The third-order valence-corrected chi connectivity index (χ3v) is 6.63. The molecule has 1 heterocycles. The lowest BCUT2D eigenvalue weighted by Crippen LogP contribution is -2.32. The summed E-state index contributed by atoms with van der Waals surface area (Å²) < 4.78 is 28.5. The van der Waals surface area contributed by atoms with E-state index in [1.807, 2.05) is 13.8 Å². The SMILES string of the molecule is CCC(=O)N1CCc2cc(S(=O)(=O)Nc3ccccc3C(=O)N[C@H](C)CC)ccc21. The van der Waals surface area contributed by atoms with Crippen molar-refractivity contribution in [1.82, 2.24) is 5.32 Å². The molecular formula is C22H27N3O4S. The predicted molar refractivity (Wildman–Crippen MR) is 117 cm³/mol. The van der Waals surface area contributed by atoms with E-state index in [4.69, 9.17) is 0 Å². The molecule has 2 N–H and O–H groups in total. The van der Waals surface area contributed by atoms with Gasteiger partial charge in [0, 0.05) is 24.7 Å². The highest BCUT2D eigenvalue weighted by molar-refractivity contribution is 7.92. The number of carbonyl (C=O) groups is 2. The summed E-state index contributed by atoms with van der Waals surface area (Å²) in [6.45, 7) is 6.21. The van der Waals surface area contributed by atoms with Gasteiger partial charge in [-0.05, 0) is 55.7 Å². The standard InChI is InChI=1S/C22H27N3O4S/c1-4-15(3)23-22(27)18-8-6-7-9-19(18)24-30(28,29)17-10-11-20-16(14-17)12-13-25(20)21(26)5-2/h6-11,14-15,24H,4-5,12-13H2,1-3H3,(H,23,27)/t15-/m1/s1. The van der Waals surface area contributed by atoms with Gasteiger partial charge >= 0.3 is 0 Å². The van der Waals surface area contributed by atoms with Gasteiger partial charge in [0.1, 0.15) is 0 Å². The van der Waals surface area contributed by atoms with E-state index >= 15 is 0 Å². The minimum absolute atomic E-state index is 0.0173. The van der Waals surface area contributed by atoms with Gasteiger partial charge in [-0.2, -0.15) is 0 Å². The largest absolute Gasteiger partial charge is 0.350 e. The first-order valence-electron chi connectivity index (χ1n) is 10.1. The molecule has 0 radical (unpaired) electrons. The smallest absolute Gasteiger partial charge is 0.261 e. The Kier molecular flexibility index (Phi) is 6.45. The minimum atomic E-state index is -3.90. The summed E-state index contributed by atoms with van der Waals surface area (Å²) >= 11 is 0. The van der Waals surface area contributed by atoms with Crippen molar-refractivity contribution in [3.8, 4) is 0 Å². The number of fused-ring (bicyclic) bond motifs is 1. The van der Waals surface area contributed by atoms with Crippen LogP contribution in [0.3, 0.4) is 0 Å². The van der Waals surface area contributed by atoms with Gasteiger partial charge in [-0.3, -0.25) is 14.3 Å². The van der Waals surface area contributed by atoms with Gasteiger partial charge in [0.15, 0.2) is 0 Å². The molecule has 8 heteroatoms. The summed E-state index contributed by atoms with van der Waals surface area (Å²) in [5, 5.41) is 2.86. The van der Waals surface area contributed by atoms with Crippen LogP contribution in [-0.4, -0.2) is 32.8 Å². The van der Waals surface area contributed by atoms with E-state index in [9.17, 15) is 18.0 Å². The summed E-state index contributed by atoms with van der Waals surface area (Å²) in [6, 6.07) is 11.3. The fraction of sp³-hybridized carbons (Fsp3) is 0.364. The van der Waals surface area contributed by atoms with Crippen LogP contribution in [0, 0.1) is 0 Å². The number of rotatable bonds is 7. The number of amides is 2. The number of benzene rings is 2. The van der Waals surface area contributed by atoms with Gasteiger partial charge < -0.3 is 10.2 Å². The zero-order valence-electron chi connectivity index (χ0n) is 17.4. The number of sulfonamides is 1. The zero-order chi connectivity index (χ0) is 21.9. The number of nitrogens with zero attached hydrogens (tertiary/aromatic N) is 1. The Hall–Kier alpha value is -2.87. The molecule has 0 spiro atoms. The van der Waals surface area contributed by atoms with Crippen molar-refractivity contribution >= 4 is 33.2 Å². The molecule has 1 aliphatic heterocycles. The van der Waals surface area contributed by atoms with Crippen molar-refractivity contribution in [1.29, 1.82) is 0 Å². The lowest BCUT2D eigenvalue weighted by Gasteiger charge is -2.17. The van der Waals surface area contributed by atoms with E-state index < -0.39 is 10.0 Å². The number of carbonyl (C=O) groups excluding carboxylic acids is 2. The van der Waals surface area contributed by atoms with E-state index in [-0.39, 0.29) is 34.0 Å². The fourth-order valence-electron chi connectivity index (χ4n) is 3.37. The van der Waals surface area contributed by atoms with Gasteiger partial charge in [-0.25, -0.2) is 8.42 Å². The van der Waals surface area contributed by atoms with Crippen LogP contribution in [0.5, 0.6) is 0 Å². The van der Waals surface area contributed by atoms with Gasteiger partial charge in [0.05, 0.1) is 16.1 Å². The Balaban J connectivity index is 1.87. The van der Waals surface area contributed by atoms with E-state index in [0.29, 0.717) is 19.4 Å². The Labute approximate surface area is 177 Å². The van der Waals surface area contributed by atoms with Crippen molar-refractivity contribution in [2.45, 2.75) is 51.0 Å². The normalized spacial score (nSPS) is 14.2. The third-order valence-electron chi connectivity index (χ3n) is 5.27. The monoisotopic (exact) mass is 429 g/mol. The number of hydrogen-bond donors (Lipinski definition) is 2. The molecular weight excluding hydrogens is 402 g/mol. The first kappa shape index (κ1) is 21.8. The molecule has 2 aromatic rings. The van der Waals surface area contributed by atoms with E-state index in [1.165, 1.54) is 6.07 Å². The molecule has 7 nitrogen and oxygen atoms in total. The van der Waals surface area contributed by atoms with Gasteiger partial charge in [0.25, 0.3) is 15.9 Å². The molecule has 0 aromatic heterocycles. The van der Waals surface area contributed by atoms with Crippen molar-refractivity contribution in [2.75, 3.05) is 16.2 Å². The zero-order valence-corrected chi connectivity index (χ0v) is 18.3. The van der Waals surface area contributed by atoms with E-state index in [0.717, 1.165) is 17.7 Å². The summed E-state index contributed by atoms with van der Waals surface area (Å²) in [6.07, 6.45) is 1.78. The molecule has 3 rings (SSSR count). The van der Waals surface area contributed by atoms with Crippen molar-refractivity contribution in [3.63, 3.8) is 0 Å². The first-order chi connectivity index (χ1) is 14.3. The Morgan fingerprint density at radius 2 is 1.87 bits per heavy atom. The highest BCUT2D eigenvalue weighted by Gasteiger charge is 2.26. The van der Waals surface area contributed by atoms with Crippen LogP contribution in [0.15, 0.2) is 47.4 Å². The molecule has 30 heavy (non-hydrogen) atoms. The molecule has 1 aliphatic rings. The van der Waals surface area contributed by atoms with Gasteiger partial charge in [-0.15, -0.1) is 0 Å². The second kappa shape index (κ2) is 8.87. The topological polar surface area (TPSA) is 95.6 Å². The average molecular weight is 430 g/mol. The van der Waals surface area contributed by atoms with Crippen LogP contribution < -0.4 is 14.9 Å². The molecule has 0 fully saturated rings. The molecule has 2 aromatic carbocycles. The minimum Gasteiger partial charge on any atom is -0.350 e. The van der Waals surface area contributed by atoms with Crippen LogP contribution in [0.1, 0.15) is 49.5 Å². The fourth-order valence-corrected chi connectivity index (χ4v) is 4.50. The molecule has 0 saturated heterocycles. The molecule has 0 aliphatic carbocycles. The molecule has 1 atom stereocenters. The lowest BCUT2D eigenvalue weighted by molar-refractivity contribution is -0.118. The molecule has 2 amide bonds. The van der Waals surface area contributed by atoms with Crippen LogP contribution >= 0.6 is 0 Å². The summed E-state index contributed by atoms with van der Waals surface area (Å²) in [5.74, 6) is -0.311. The summed E-state index contributed by atoms with van der Waals surface area (Å²) in [7, 11) is -3.90. The van der Waals surface area contributed by atoms with Crippen molar-refractivity contribution in [2.24, 2.45) is 0 Å². The highest BCUT2D eigenvalue weighted by Crippen LogP contribution is 2.31. The van der Waals surface area contributed by atoms with Crippen LogP contribution in [0.25, 0.3) is 0 Å². The third kappa shape index (κ3) is 4.48. The number of nitrogens with one attached hydrogen (secondary N) is 2. The second-order valence-electron chi connectivity index (χ2n) is 7.37. The first-order valence-corrected chi connectivity index (χ1v) is 11.6. The number of anilines is 2. The maximum Gasteiger partial charge on any atom is 0.261 e. The maximum atomic E-state index is 13.0. The Morgan fingerprint density at radius 1 is 1.13 bits per heavy atom. The molecule has 0 saturated carbocycles. The highest BCUT2D eigenvalue weighted by atomic mass is 32.2. The van der Waals surface area contributed by atoms with Crippen LogP contribution in [0.4, 0.5) is 11.4 Å². The van der Waals surface area contributed by atoms with Gasteiger partial charge in [-0.1, -0.05) is 26.0 Å². The Morgan fingerprint density at radius 3 is 2.57 bits per heavy atom. The van der Waals surface area contributed by atoms with Crippen LogP contribution in [-0.2, 0) is 21.2 Å². The number of para-hydroxylation sites is 1. The maximum absolute atomic E-state index is 13.0. The molecule has 0 bridgehead atoms. The van der Waals surface area contributed by atoms with E-state index in [2.05, 4.69) is 10.0 Å². The average Bonchev–Trinajstić information content (AvgIpc) is 3.16. The van der Waals surface area contributed by atoms with Gasteiger partial charge in [0.2, 0.25) is 5.91 Å². The predicted octanol–water partition coefficient (Wildman–Crippen LogP) is 3.31. The van der Waals surface area contributed by atoms with Crippen molar-refractivity contribution in [3.05, 3.63) is 53.6 Å². The molecule has 0 unspecified atom stereocenters. The van der Waals surface area contributed by atoms with E-state index in [1.54, 1.807) is 48.2 Å². The molecule has 160 valence electrons. The summed E-state index contributed by atoms with van der Waals surface area (Å²) in [4.78, 5) is 26.4. The Bertz CT molecular complexity index is 1070. The van der Waals surface area contributed by atoms with Crippen LogP contribution in [0.2, 0.25) is 0 Å². The second-order valence-corrected chi connectivity index (χ2v) is 9.06. The summed E-state index contributed by atoms with van der Waals surface area (Å²) in [5.41, 5.74) is 2.07. The lowest BCUT2D eigenvalue weighted by atomic mass is 10.1. The number of hydrogen-bond acceptors (Lipinski definition) is 4. The quantitative estimate of drug-likeness (QED) is 0.706.